The Morgan fingerprint density at radius 2 is 2.07 bits per heavy atom. The molecule has 4 nitrogen and oxygen atoms in total. The molecule has 0 radical (unpaired) electrons. The number of anilines is 1. The molecule has 0 aliphatic carbocycles. The Morgan fingerprint density at radius 1 is 1.40 bits per heavy atom. The first-order valence-electron chi connectivity index (χ1n) is 4.69. The van der Waals surface area contributed by atoms with Gasteiger partial charge in [0.1, 0.15) is 11.3 Å². The molecule has 15 heavy (non-hydrogen) atoms. The molecule has 2 N–H and O–H groups in total. The van der Waals surface area contributed by atoms with Crippen molar-refractivity contribution in [1.29, 1.82) is 0 Å². The molecule has 82 valence electrons. The van der Waals surface area contributed by atoms with Crippen molar-refractivity contribution in [2.24, 2.45) is 0 Å². The number of carbonyl (C=O) groups is 1. The van der Waals surface area contributed by atoms with E-state index in [1.807, 2.05) is 13.0 Å². The molecule has 0 fully saturated rings. The number of nitrogens with two attached hydrogens (primary N) is 1. The van der Waals surface area contributed by atoms with Gasteiger partial charge in [0.15, 0.2) is 0 Å². The highest BCUT2D eigenvalue weighted by Gasteiger charge is 2.19. The van der Waals surface area contributed by atoms with Crippen LogP contribution in [0.15, 0.2) is 12.1 Å². The first-order valence-corrected chi connectivity index (χ1v) is 4.69. The normalized spacial score (nSPS) is 9.80. The molecule has 0 unspecified atom stereocenters. The van der Waals surface area contributed by atoms with Crippen LogP contribution in [0.1, 0.15) is 22.8 Å². The van der Waals surface area contributed by atoms with E-state index in [-0.39, 0.29) is 0 Å². The SMILES string of the molecule is CCc1ccc(N)c(C(=O)OC)c1OC. The zero-order valence-corrected chi connectivity index (χ0v) is 9.16. The molecule has 0 aliphatic rings. The van der Waals surface area contributed by atoms with E-state index in [1.54, 1.807) is 6.07 Å². The van der Waals surface area contributed by atoms with Gasteiger partial charge < -0.3 is 15.2 Å². The van der Waals surface area contributed by atoms with Gasteiger partial charge in [0.25, 0.3) is 0 Å². The number of methoxy groups -OCH3 is 2. The highest BCUT2D eigenvalue weighted by molar-refractivity contribution is 5.98. The maximum Gasteiger partial charge on any atom is 0.343 e. The van der Waals surface area contributed by atoms with Crippen LogP contribution in [0.4, 0.5) is 5.69 Å². The van der Waals surface area contributed by atoms with Crippen molar-refractivity contribution in [3.05, 3.63) is 23.3 Å². The van der Waals surface area contributed by atoms with Gasteiger partial charge in [-0.1, -0.05) is 13.0 Å². The van der Waals surface area contributed by atoms with Crippen molar-refractivity contribution in [2.75, 3.05) is 20.0 Å². The lowest BCUT2D eigenvalue weighted by atomic mass is 10.0. The fourth-order valence-electron chi connectivity index (χ4n) is 1.47. The quantitative estimate of drug-likeness (QED) is 0.607. The van der Waals surface area contributed by atoms with E-state index in [2.05, 4.69) is 4.74 Å². The average molecular weight is 209 g/mol. The third kappa shape index (κ3) is 2.03. The van der Waals surface area contributed by atoms with Gasteiger partial charge in [-0.15, -0.1) is 0 Å². The summed E-state index contributed by atoms with van der Waals surface area (Å²) in [6, 6.07) is 3.54. The Kier molecular flexibility index (Phi) is 3.55. The first-order chi connectivity index (χ1) is 7.15. The number of hydrogen-bond donors (Lipinski definition) is 1. The number of carbonyl (C=O) groups excluding carboxylic acids is 1. The maximum absolute atomic E-state index is 11.5. The molecule has 0 aromatic heterocycles. The first kappa shape index (κ1) is 11.4. The van der Waals surface area contributed by atoms with E-state index in [9.17, 15) is 4.79 Å². The Labute approximate surface area is 89.0 Å². The summed E-state index contributed by atoms with van der Waals surface area (Å²) in [6.45, 7) is 1.98. The van der Waals surface area contributed by atoms with Gasteiger partial charge in [-0.3, -0.25) is 0 Å². The molecular formula is C11H15NO3. The summed E-state index contributed by atoms with van der Waals surface area (Å²) in [6.07, 6.45) is 0.771. The van der Waals surface area contributed by atoms with Crippen LogP contribution >= 0.6 is 0 Å². The second kappa shape index (κ2) is 4.68. The number of ether oxygens (including phenoxy) is 2. The summed E-state index contributed by atoms with van der Waals surface area (Å²) in [5, 5.41) is 0. The molecule has 1 aromatic carbocycles. The molecule has 0 heterocycles. The highest BCUT2D eigenvalue weighted by atomic mass is 16.5. The van der Waals surface area contributed by atoms with Crippen LogP contribution in [0.2, 0.25) is 0 Å². The van der Waals surface area contributed by atoms with Crippen LogP contribution in [0, 0.1) is 0 Å². The van der Waals surface area contributed by atoms with Crippen molar-refractivity contribution >= 4 is 11.7 Å². The fourth-order valence-corrected chi connectivity index (χ4v) is 1.47. The number of hydrogen-bond acceptors (Lipinski definition) is 4. The molecule has 0 saturated carbocycles. The van der Waals surface area contributed by atoms with Gasteiger partial charge in [-0.2, -0.15) is 0 Å². The minimum Gasteiger partial charge on any atom is -0.495 e. The lowest BCUT2D eigenvalue weighted by Gasteiger charge is -2.13. The van der Waals surface area contributed by atoms with Gasteiger partial charge in [-0.05, 0) is 18.1 Å². The van der Waals surface area contributed by atoms with E-state index in [0.717, 1.165) is 12.0 Å². The minimum atomic E-state index is -0.473. The van der Waals surface area contributed by atoms with Gasteiger partial charge in [0, 0.05) is 5.69 Å². The predicted molar refractivity (Wildman–Crippen MR) is 58.1 cm³/mol. The van der Waals surface area contributed by atoms with E-state index in [1.165, 1.54) is 14.2 Å². The van der Waals surface area contributed by atoms with Crippen LogP contribution < -0.4 is 10.5 Å². The Morgan fingerprint density at radius 3 is 2.53 bits per heavy atom. The molecule has 1 rings (SSSR count). The number of rotatable bonds is 3. The predicted octanol–water partition coefficient (Wildman–Crippen LogP) is 1.63. The largest absolute Gasteiger partial charge is 0.495 e. The maximum atomic E-state index is 11.5. The highest BCUT2D eigenvalue weighted by Crippen LogP contribution is 2.29. The second-order valence-corrected chi connectivity index (χ2v) is 3.07. The van der Waals surface area contributed by atoms with Crippen LogP contribution in [0.3, 0.4) is 0 Å². The number of aryl methyl sites for hydroxylation is 1. The number of esters is 1. The van der Waals surface area contributed by atoms with Crippen molar-refractivity contribution in [2.45, 2.75) is 13.3 Å². The molecule has 0 bridgehead atoms. The molecule has 0 aliphatic heterocycles. The number of benzene rings is 1. The van der Waals surface area contributed by atoms with E-state index < -0.39 is 5.97 Å². The monoisotopic (exact) mass is 209 g/mol. The average Bonchev–Trinajstić information content (AvgIpc) is 2.27. The number of nitrogen functional groups attached to an aromatic ring is 1. The Balaban J connectivity index is 3.38. The third-order valence-electron chi connectivity index (χ3n) is 2.25. The summed E-state index contributed by atoms with van der Waals surface area (Å²) >= 11 is 0. The van der Waals surface area contributed by atoms with E-state index >= 15 is 0 Å². The molecule has 0 saturated heterocycles. The molecule has 0 spiro atoms. The summed E-state index contributed by atoms with van der Waals surface area (Å²) in [4.78, 5) is 11.5. The van der Waals surface area contributed by atoms with Gasteiger partial charge >= 0.3 is 5.97 Å². The topological polar surface area (TPSA) is 61.6 Å². The summed E-state index contributed by atoms with van der Waals surface area (Å²) in [5.41, 5.74) is 7.33. The lowest BCUT2D eigenvalue weighted by Crippen LogP contribution is -2.09. The van der Waals surface area contributed by atoms with E-state index in [0.29, 0.717) is 17.0 Å². The molecular weight excluding hydrogens is 194 g/mol. The van der Waals surface area contributed by atoms with Gasteiger partial charge in [0.05, 0.1) is 14.2 Å². The standard InChI is InChI=1S/C11H15NO3/c1-4-7-5-6-8(12)9(10(7)14-2)11(13)15-3/h5-6H,4,12H2,1-3H3. The zero-order chi connectivity index (χ0) is 11.4. The lowest BCUT2D eigenvalue weighted by molar-refractivity contribution is 0.0598. The molecule has 1 aromatic rings. The summed E-state index contributed by atoms with van der Waals surface area (Å²) in [5.74, 6) is 0.0315. The van der Waals surface area contributed by atoms with Crippen molar-refractivity contribution in [3.8, 4) is 5.75 Å². The van der Waals surface area contributed by atoms with Crippen LogP contribution in [0.25, 0.3) is 0 Å². The molecule has 4 heteroatoms. The van der Waals surface area contributed by atoms with Crippen molar-refractivity contribution < 1.29 is 14.3 Å². The zero-order valence-electron chi connectivity index (χ0n) is 9.16. The van der Waals surface area contributed by atoms with Gasteiger partial charge in [0.2, 0.25) is 0 Å². The van der Waals surface area contributed by atoms with E-state index in [4.69, 9.17) is 10.5 Å². The van der Waals surface area contributed by atoms with Crippen molar-refractivity contribution in [1.82, 2.24) is 0 Å². The molecule has 0 atom stereocenters. The van der Waals surface area contributed by atoms with Crippen LogP contribution in [0.5, 0.6) is 5.75 Å². The summed E-state index contributed by atoms with van der Waals surface area (Å²) in [7, 11) is 2.83. The van der Waals surface area contributed by atoms with Crippen LogP contribution in [-0.4, -0.2) is 20.2 Å². The minimum absolute atomic E-state index is 0.305. The van der Waals surface area contributed by atoms with Crippen LogP contribution in [-0.2, 0) is 11.2 Å². The third-order valence-corrected chi connectivity index (χ3v) is 2.25. The van der Waals surface area contributed by atoms with Crippen molar-refractivity contribution in [3.63, 3.8) is 0 Å². The smallest absolute Gasteiger partial charge is 0.343 e. The summed E-state index contributed by atoms with van der Waals surface area (Å²) < 4.78 is 9.85. The van der Waals surface area contributed by atoms with Gasteiger partial charge in [-0.25, -0.2) is 4.79 Å². The molecule has 0 amide bonds. The fraction of sp³-hybridized carbons (Fsp3) is 0.364. The Bertz CT molecular complexity index is 374. The Hall–Kier alpha value is -1.71. The second-order valence-electron chi connectivity index (χ2n) is 3.07.